The topological polar surface area (TPSA) is 67.4 Å². The zero-order valence-electron chi connectivity index (χ0n) is 16.8. The largest absolute Gasteiger partial charge is 0.496 e. The highest BCUT2D eigenvalue weighted by Gasteiger charge is 2.18. The van der Waals surface area contributed by atoms with Crippen molar-refractivity contribution in [1.82, 2.24) is 5.32 Å². The second kappa shape index (κ2) is 8.71. The molecule has 0 saturated heterocycles. The molecule has 2 aromatic rings. The fraction of sp³-hybridized carbons (Fsp3) is 0.364. The Morgan fingerprint density at radius 3 is 2.22 bits per heavy atom. The van der Waals surface area contributed by atoms with Crippen LogP contribution in [0.2, 0.25) is 0 Å². The van der Waals surface area contributed by atoms with Crippen molar-refractivity contribution in [3.8, 4) is 5.75 Å². The van der Waals surface area contributed by atoms with Gasteiger partial charge in [-0.2, -0.15) is 0 Å². The Kier molecular flexibility index (Phi) is 6.61. The molecule has 5 nitrogen and oxygen atoms in total. The Hall–Kier alpha value is -2.82. The van der Waals surface area contributed by atoms with Gasteiger partial charge in [-0.25, -0.2) is 0 Å². The molecule has 0 aliphatic heterocycles. The molecule has 0 aliphatic rings. The highest BCUT2D eigenvalue weighted by atomic mass is 16.5. The van der Waals surface area contributed by atoms with Crippen LogP contribution in [-0.4, -0.2) is 25.0 Å². The van der Waals surface area contributed by atoms with Crippen LogP contribution in [0.25, 0.3) is 0 Å². The summed E-state index contributed by atoms with van der Waals surface area (Å²) in [5.74, 6) is 0.532. The first-order valence-corrected chi connectivity index (χ1v) is 9.14. The SMILES string of the molecule is COc1cc(C)c(C(=O)Nc2ccccc2C(=O)NC(C)C)cc1C(C)C. The van der Waals surface area contributed by atoms with Gasteiger partial charge in [-0.15, -0.1) is 0 Å². The summed E-state index contributed by atoms with van der Waals surface area (Å²) in [6, 6.07) is 10.8. The summed E-state index contributed by atoms with van der Waals surface area (Å²) in [7, 11) is 1.63. The van der Waals surface area contributed by atoms with Gasteiger partial charge in [0.1, 0.15) is 5.75 Å². The Labute approximate surface area is 161 Å². The number of hydrogen-bond donors (Lipinski definition) is 2. The van der Waals surface area contributed by atoms with Crippen molar-refractivity contribution in [2.24, 2.45) is 0 Å². The van der Waals surface area contributed by atoms with Crippen molar-refractivity contribution in [2.45, 2.75) is 46.6 Å². The van der Waals surface area contributed by atoms with Crippen LogP contribution in [0.3, 0.4) is 0 Å². The van der Waals surface area contributed by atoms with Crippen molar-refractivity contribution >= 4 is 17.5 Å². The maximum Gasteiger partial charge on any atom is 0.255 e. The summed E-state index contributed by atoms with van der Waals surface area (Å²) in [5.41, 5.74) is 3.28. The number of ether oxygens (including phenoxy) is 1. The van der Waals surface area contributed by atoms with E-state index in [0.717, 1.165) is 16.9 Å². The fourth-order valence-electron chi connectivity index (χ4n) is 2.89. The lowest BCUT2D eigenvalue weighted by Gasteiger charge is -2.17. The minimum atomic E-state index is -0.248. The van der Waals surface area contributed by atoms with Gasteiger partial charge in [0.15, 0.2) is 0 Å². The number of nitrogens with one attached hydrogen (secondary N) is 2. The first-order chi connectivity index (χ1) is 12.7. The minimum absolute atomic E-state index is 0.0127. The van der Waals surface area contributed by atoms with E-state index in [4.69, 9.17) is 4.74 Å². The van der Waals surface area contributed by atoms with E-state index in [1.165, 1.54) is 0 Å². The van der Waals surface area contributed by atoms with E-state index >= 15 is 0 Å². The monoisotopic (exact) mass is 368 g/mol. The number of anilines is 1. The Morgan fingerprint density at radius 1 is 0.963 bits per heavy atom. The molecule has 0 radical (unpaired) electrons. The van der Waals surface area contributed by atoms with Gasteiger partial charge in [-0.05, 0) is 62.1 Å². The van der Waals surface area contributed by atoms with E-state index in [-0.39, 0.29) is 23.8 Å². The number of rotatable bonds is 6. The van der Waals surface area contributed by atoms with Crippen LogP contribution in [0.15, 0.2) is 36.4 Å². The number of aryl methyl sites for hydroxylation is 1. The molecule has 2 N–H and O–H groups in total. The molecule has 27 heavy (non-hydrogen) atoms. The van der Waals surface area contributed by atoms with Crippen LogP contribution in [0.1, 0.15) is 65.5 Å². The second-order valence-electron chi connectivity index (χ2n) is 7.19. The quantitative estimate of drug-likeness (QED) is 0.788. The highest BCUT2D eigenvalue weighted by Crippen LogP contribution is 2.30. The molecule has 0 atom stereocenters. The third-order valence-electron chi connectivity index (χ3n) is 4.28. The normalized spacial score (nSPS) is 10.8. The number of para-hydroxylation sites is 1. The highest BCUT2D eigenvalue weighted by molar-refractivity contribution is 6.09. The molecule has 0 unspecified atom stereocenters. The fourth-order valence-corrected chi connectivity index (χ4v) is 2.89. The summed E-state index contributed by atoms with van der Waals surface area (Å²) in [6.07, 6.45) is 0. The molecule has 0 aliphatic carbocycles. The van der Waals surface area contributed by atoms with Gasteiger partial charge >= 0.3 is 0 Å². The van der Waals surface area contributed by atoms with Crippen LogP contribution < -0.4 is 15.4 Å². The number of benzene rings is 2. The van der Waals surface area contributed by atoms with Gasteiger partial charge in [0.2, 0.25) is 0 Å². The summed E-state index contributed by atoms with van der Waals surface area (Å²) in [5, 5.41) is 5.74. The van der Waals surface area contributed by atoms with Gasteiger partial charge in [0, 0.05) is 11.6 Å². The molecule has 0 saturated carbocycles. The van der Waals surface area contributed by atoms with Gasteiger partial charge in [-0.1, -0.05) is 26.0 Å². The van der Waals surface area contributed by atoms with Crippen molar-refractivity contribution in [3.05, 3.63) is 58.7 Å². The number of amides is 2. The number of methoxy groups -OCH3 is 1. The first kappa shape index (κ1) is 20.5. The predicted octanol–water partition coefficient (Wildman–Crippen LogP) is 4.52. The summed E-state index contributed by atoms with van der Waals surface area (Å²) < 4.78 is 5.44. The van der Waals surface area contributed by atoms with Crippen molar-refractivity contribution < 1.29 is 14.3 Å². The lowest BCUT2D eigenvalue weighted by Crippen LogP contribution is -2.31. The average Bonchev–Trinajstić information content (AvgIpc) is 2.60. The lowest BCUT2D eigenvalue weighted by atomic mass is 9.96. The molecule has 0 bridgehead atoms. The average molecular weight is 368 g/mol. The summed E-state index contributed by atoms with van der Waals surface area (Å²) in [4.78, 5) is 25.3. The maximum atomic E-state index is 12.9. The third-order valence-corrected chi connectivity index (χ3v) is 4.28. The molecule has 0 heterocycles. The van der Waals surface area contributed by atoms with Crippen LogP contribution in [0.5, 0.6) is 5.75 Å². The van der Waals surface area contributed by atoms with Crippen LogP contribution in [-0.2, 0) is 0 Å². The molecule has 5 heteroatoms. The van der Waals surface area contributed by atoms with Crippen LogP contribution in [0.4, 0.5) is 5.69 Å². The molecule has 0 fully saturated rings. The lowest BCUT2D eigenvalue weighted by molar-refractivity contribution is 0.0944. The molecular weight excluding hydrogens is 340 g/mol. The van der Waals surface area contributed by atoms with E-state index in [0.29, 0.717) is 16.8 Å². The van der Waals surface area contributed by atoms with E-state index in [1.54, 1.807) is 31.4 Å². The van der Waals surface area contributed by atoms with E-state index in [9.17, 15) is 9.59 Å². The molecule has 2 aromatic carbocycles. The van der Waals surface area contributed by atoms with Crippen molar-refractivity contribution in [3.63, 3.8) is 0 Å². The predicted molar refractivity (Wildman–Crippen MR) is 109 cm³/mol. The smallest absolute Gasteiger partial charge is 0.255 e. The standard InChI is InChI=1S/C22H28N2O3/c1-13(2)17-12-18(15(5)11-20(17)27-6)22(26)24-19-10-8-7-9-16(19)21(25)23-14(3)4/h7-14H,1-6H3,(H,23,25)(H,24,26). The first-order valence-electron chi connectivity index (χ1n) is 9.14. The number of carbonyl (C=O) groups is 2. The molecule has 0 aromatic heterocycles. The zero-order chi connectivity index (χ0) is 20.1. The van der Waals surface area contributed by atoms with Crippen LogP contribution >= 0.6 is 0 Å². The van der Waals surface area contributed by atoms with Crippen molar-refractivity contribution in [1.29, 1.82) is 0 Å². The Bertz CT molecular complexity index is 841. The van der Waals surface area contributed by atoms with Gasteiger partial charge < -0.3 is 15.4 Å². The summed E-state index contributed by atoms with van der Waals surface area (Å²) in [6.45, 7) is 9.78. The molecule has 2 amide bonds. The second-order valence-corrected chi connectivity index (χ2v) is 7.19. The maximum absolute atomic E-state index is 12.9. The van der Waals surface area contributed by atoms with E-state index in [2.05, 4.69) is 24.5 Å². The number of carbonyl (C=O) groups excluding carboxylic acids is 2. The summed E-state index contributed by atoms with van der Waals surface area (Å²) >= 11 is 0. The molecular formula is C22H28N2O3. The zero-order valence-corrected chi connectivity index (χ0v) is 16.8. The van der Waals surface area contributed by atoms with E-state index in [1.807, 2.05) is 32.9 Å². The molecule has 2 rings (SSSR count). The van der Waals surface area contributed by atoms with Crippen molar-refractivity contribution in [2.75, 3.05) is 12.4 Å². The third kappa shape index (κ3) is 4.88. The van der Waals surface area contributed by atoms with Crippen LogP contribution in [0, 0.1) is 6.92 Å². The number of hydrogen-bond acceptors (Lipinski definition) is 3. The van der Waals surface area contributed by atoms with Gasteiger partial charge in [0.05, 0.1) is 18.4 Å². The van der Waals surface area contributed by atoms with Gasteiger partial charge in [-0.3, -0.25) is 9.59 Å². The molecule has 0 spiro atoms. The Morgan fingerprint density at radius 2 is 1.63 bits per heavy atom. The minimum Gasteiger partial charge on any atom is -0.496 e. The Balaban J connectivity index is 2.36. The molecule has 144 valence electrons. The van der Waals surface area contributed by atoms with E-state index < -0.39 is 0 Å². The van der Waals surface area contributed by atoms with Gasteiger partial charge in [0.25, 0.3) is 11.8 Å².